The molecule has 0 radical (unpaired) electrons. The molecule has 2 N–H and O–H groups in total. The van der Waals surface area contributed by atoms with Crippen LogP contribution < -0.4 is 10.6 Å². The molecule has 1 saturated carbocycles. The van der Waals surface area contributed by atoms with Gasteiger partial charge in [-0.15, -0.1) is 0 Å². The highest BCUT2D eigenvalue weighted by atomic mass is 16.5. The molecule has 4 rings (SSSR count). The summed E-state index contributed by atoms with van der Waals surface area (Å²) in [7, 11) is 0. The van der Waals surface area contributed by atoms with Crippen molar-refractivity contribution in [3.05, 3.63) is 41.5 Å². The number of carbonyl (C=O) groups excluding carboxylic acids is 2. The average Bonchev–Trinajstić information content (AvgIpc) is 3.43. The zero-order valence-electron chi connectivity index (χ0n) is 18.1. The Balaban J connectivity index is 1.21. The zero-order valence-corrected chi connectivity index (χ0v) is 18.1. The van der Waals surface area contributed by atoms with Crippen molar-refractivity contribution in [2.75, 3.05) is 38.0 Å². The number of nitrogens with zero attached hydrogens (tertiary/aromatic N) is 4. The average molecular weight is 427 g/mol. The number of hydrogen-bond acceptors (Lipinski definition) is 7. The summed E-state index contributed by atoms with van der Waals surface area (Å²) in [6, 6.07) is 7.39. The maximum Gasteiger partial charge on any atom is 0.251 e. The molecule has 2 heterocycles. The number of piperazine rings is 1. The summed E-state index contributed by atoms with van der Waals surface area (Å²) in [5.74, 6) is 1.46. The van der Waals surface area contributed by atoms with Crippen molar-refractivity contribution in [2.45, 2.75) is 45.2 Å². The Kier molecular flexibility index (Phi) is 6.62. The monoisotopic (exact) mass is 426 g/mol. The Hall–Kier alpha value is -2.78. The molecule has 0 spiro atoms. The van der Waals surface area contributed by atoms with Crippen molar-refractivity contribution in [1.29, 1.82) is 0 Å². The molecule has 0 bridgehead atoms. The second-order valence-electron chi connectivity index (χ2n) is 8.63. The van der Waals surface area contributed by atoms with Gasteiger partial charge >= 0.3 is 0 Å². The van der Waals surface area contributed by atoms with E-state index in [1.165, 1.54) is 0 Å². The molecular weight excluding hydrogens is 396 g/mol. The molecule has 9 heteroatoms. The lowest BCUT2D eigenvalue weighted by Gasteiger charge is -2.33. The topological polar surface area (TPSA) is 104 Å². The minimum Gasteiger partial charge on any atom is -0.349 e. The summed E-state index contributed by atoms with van der Waals surface area (Å²) in [6.45, 7) is 8.30. The lowest BCUT2D eigenvalue weighted by Crippen LogP contribution is -2.48. The van der Waals surface area contributed by atoms with Crippen LogP contribution in [-0.4, -0.2) is 70.5 Å². The minimum absolute atomic E-state index is 0.0772. The third kappa shape index (κ3) is 6.11. The van der Waals surface area contributed by atoms with E-state index in [1.54, 1.807) is 24.3 Å². The van der Waals surface area contributed by atoms with Crippen LogP contribution in [0.25, 0.3) is 0 Å². The first-order valence-corrected chi connectivity index (χ1v) is 10.9. The number of carbonyl (C=O) groups is 2. The van der Waals surface area contributed by atoms with Gasteiger partial charge in [0.1, 0.15) is 0 Å². The SMILES string of the molecule is CC(C)c1noc(CN2CCN(CC(=O)Nc3cccc(C(=O)NC4CC4)c3)CC2)n1. The van der Waals surface area contributed by atoms with Gasteiger partial charge in [0.15, 0.2) is 5.82 Å². The van der Waals surface area contributed by atoms with Crippen LogP contribution in [0.4, 0.5) is 5.69 Å². The molecule has 1 aromatic heterocycles. The first kappa shape index (κ1) is 21.5. The highest BCUT2D eigenvalue weighted by Gasteiger charge is 2.24. The second kappa shape index (κ2) is 9.57. The molecule has 166 valence electrons. The van der Waals surface area contributed by atoms with Gasteiger partial charge in [-0.2, -0.15) is 4.98 Å². The third-order valence-corrected chi connectivity index (χ3v) is 5.51. The molecule has 2 aliphatic rings. The predicted octanol–water partition coefficient (Wildman–Crippen LogP) is 1.84. The second-order valence-corrected chi connectivity index (χ2v) is 8.63. The smallest absolute Gasteiger partial charge is 0.251 e. The maximum atomic E-state index is 12.5. The van der Waals surface area contributed by atoms with Crippen LogP contribution >= 0.6 is 0 Å². The molecule has 31 heavy (non-hydrogen) atoms. The van der Waals surface area contributed by atoms with E-state index >= 15 is 0 Å². The van der Waals surface area contributed by atoms with E-state index < -0.39 is 0 Å². The lowest BCUT2D eigenvalue weighted by molar-refractivity contribution is -0.117. The van der Waals surface area contributed by atoms with Gasteiger partial charge in [0, 0.05) is 49.4 Å². The molecule has 0 atom stereocenters. The van der Waals surface area contributed by atoms with Gasteiger partial charge in [0.25, 0.3) is 5.91 Å². The summed E-state index contributed by atoms with van der Waals surface area (Å²) in [6.07, 6.45) is 2.09. The number of benzene rings is 1. The molecule has 2 aromatic rings. The van der Waals surface area contributed by atoms with Crippen molar-refractivity contribution >= 4 is 17.5 Å². The van der Waals surface area contributed by atoms with Crippen LogP contribution in [0.3, 0.4) is 0 Å². The van der Waals surface area contributed by atoms with E-state index in [9.17, 15) is 9.59 Å². The van der Waals surface area contributed by atoms with Gasteiger partial charge in [-0.25, -0.2) is 0 Å². The minimum atomic E-state index is -0.0866. The Labute approximate surface area is 182 Å². The Morgan fingerprint density at radius 2 is 1.90 bits per heavy atom. The highest BCUT2D eigenvalue weighted by molar-refractivity contribution is 5.97. The summed E-state index contributed by atoms with van der Waals surface area (Å²) in [5, 5.41) is 9.88. The van der Waals surface area contributed by atoms with Gasteiger partial charge < -0.3 is 15.2 Å². The fourth-order valence-electron chi connectivity index (χ4n) is 3.50. The Morgan fingerprint density at radius 1 is 1.16 bits per heavy atom. The van der Waals surface area contributed by atoms with Crippen LogP contribution in [0.2, 0.25) is 0 Å². The van der Waals surface area contributed by atoms with E-state index in [0.29, 0.717) is 36.3 Å². The lowest BCUT2D eigenvalue weighted by atomic mass is 10.2. The summed E-state index contributed by atoms with van der Waals surface area (Å²) < 4.78 is 5.33. The van der Waals surface area contributed by atoms with Gasteiger partial charge in [-0.05, 0) is 31.0 Å². The molecular formula is C22H30N6O3. The van der Waals surface area contributed by atoms with Crippen molar-refractivity contribution in [3.8, 4) is 0 Å². The predicted molar refractivity (Wildman–Crippen MR) is 116 cm³/mol. The quantitative estimate of drug-likeness (QED) is 0.664. The highest BCUT2D eigenvalue weighted by Crippen LogP contribution is 2.20. The Morgan fingerprint density at radius 3 is 2.58 bits per heavy atom. The summed E-state index contributed by atoms with van der Waals surface area (Å²) >= 11 is 0. The number of aromatic nitrogens is 2. The summed E-state index contributed by atoms with van der Waals surface area (Å²) in [5.41, 5.74) is 1.21. The standard InChI is InChI=1S/C22H30N6O3/c1-15(2)21-25-20(31-26-21)14-28-10-8-27(9-11-28)13-19(29)23-18-5-3-4-16(12-18)22(30)24-17-6-7-17/h3-5,12,15,17H,6-11,13-14H2,1-2H3,(H,23,29)(H,24,30). The molecule has 2 fully saturated rings. The first-order valence-electron chi connectivity index (χ1n) is 10.9. The maximum absolute atomic E-state index is 12.5. The first-order chi connectivity index (χ1) is 15.0. The van der Waals surface area contributed by atoms with Gasteiger partial charge in [0.05, 0.1) is 13.1 Å². The van der Waals surface area contributed by atoms with E-state index in [-0.39, 0.29) is 17.7 Å². The number of hydrogen-bond donors (Lipinski definition) is 2. The van der Waals surface area contributed by atoms with E-state index in [2.05, 4.69) is 30.6 Å². The largest absolute Gasteiger partial charge is 0.349 e. The summed E-state index contributed by atoms with van der Waals surface area (Å²) in [4.78, 5) is 33.5. The molecule has 0 unspecified atom stereocenters. The fraction of sp³-hybridized carbons (Fsp3) is 0.545. The van der Waals surface area contributed by atoms with Crippen LogP contribution in [0, 0.1) is 0 Å². The molecule has 2 amide bonds. The Bertz CT molecular complexity index is 915. The fourth-order valence-corrected chi connectivity index (χ4v) is 3.50. The van der Waals surface area contributed by atoms with E-state index in [0.717, 1.165) is 44.8 Å². The van der Waals surface area contributed by atoms with Gasteiger partial charge in [-0.1, -0.05) is 25.1 Å². The van der Waals surface area contributed by atoms with Gasteiger partial charge in [0.2, 0.25) is 11.8 Å². The van der Waals surface area contributed by atoms with Crippen molar-refractivity contribution < 1.29 is 14.1 Å². The zero-order chi connectivity index (χ0) is 21.8. The molecule has 9 nitrogen and oxygen atoms in total. The van der Waals surface area contributed by atoms with Crippen LogP contribution in [0.5, 0.6) is 0 Å². The van der Waals surface area contributed by atoms with Crippen LogP contribution in [0.15, 0.2) is 28.8 Å². The normalized spacial score (nSPS) is 17.6. The van der Waals surface area contributed by atoms with E-state index in [1.807, 2.05) is 13.8 Å². The van der Waals surface area contributed by atoms with Gasteiger partial charge in [-0.3, -0.25) is 19.4 Å². The van der Waals surface area contributed by atoms with Crippen LogP contribution in [0.1, 0.15) is 54.7 Å². The van der Waals surface area contributed by atoms with Crippen LogP contribution in [-0.2, 0) is 11.3 Å². The molecule has 1 aromatic carbocycles. The number of nitrogens with one attached hydrogen (secondary N) is 2. The van der Waals surface area contributed by atoms with Crippen molar-refractivity contribution in [1.82, 2.24) is 25.3 Å². The number of anilines is 1. The van der Waals surface area contributed by atoms with E-state index in [4.69, 9.17) is 4.52 Å². The third-order valence-electron chi connectivity index (χ3n) is 5.51. The number of amides is 2. The molecule has 1 aliphatic carbocycles. The van der Waals surface area contributed by atoms with Crippen molar-refractivity contribution in [2.24, 2.45) is 0 Å². The molecule has 1 aliphatic heterocycles. The van der Waals surface area contributed by atoms with Crippen molar-refractivity contribution in [3.63, 3.8) is 0 Å². The molecule has 1 saturated heterocycles. The number of rotatable bonds is 8.